The van der Waals surface area contributed by atoms with Crippen LogP contribution < -0.4 is 11.1 Å². The van der Waals surface area contributed by atoms with Crippen LogP contribution in [-0.4, -0.2) is 29.3 Å². The minimum Gasteiger partial charge on any atom is -0.409 e. The summed E-state index contributed by atoms with van der Waals surface area (Å²) in [4.78, 5) is 0. The number of hydrogen-bond acceptors (Lipinski definition) is 4. The minimum atomic E-state index is -0.445. The summed E-state index contributed by atoms with van der Waals surface area (Å²) in [5, 5.41) is 14.8. The van der Waals surface area contributed by atoms with Gasteiger partial charge in [-0.1, -0.05) is 17.3 Å². The predicted molar refractivity (Wildman–Crippen MR) is 72.1 cm³/mol. The number of halogens is 1. The molecule has 2 heterocycles. The SMILES string of the molecule is N/C(=N/O)c1cccc(CNC2CC3CCC2O3)c1F. The molecular weight excluding hydrogens is 261 g/mol. The van der Waals surface area contributed by atoms with Gasteiger partial charge in [-0.2, -0.15) is 0 Å². The number of oxime groups is 1. The third kappa shape index (κ3) is 2.36. The maximum atomic E-state index is 14.2. The molecule has 2 saturated heterocycles. The number of nitrogens with one attached hydrogen (secondary N) is 1. The second kappa shape index (κ2) is 5.38. The highest BCUT2D eigenvalue weighted by molar-refractivity contribution is 5.97. The van der Waals surface area contributed by atoms with Crippen LogP contribution in [0.3, 0.4) is 0 Å². The van der Waals surface area contributed by atoms with E-state index in [1.165, 1.54) is 6.07 Å². The van der Waals surface area contributed by atoms with Crippen LogP contribution in [0.25, 0.3) is 0 Å². The Hall–Kier alpha value is -1.66. The Morgan fingerprint density at radius 2 is 2.35 bits per heavy atom. The van der Waals surface area contributed by atoms with Gasteiger partial charge in [-0.25, -0.2) is 4.39 Å². The van der Waals surface area contributed by atoms with Gasteiger partial charge in [-0.15, -0.1) is 0 Å². The lowest BCUT2D eigenvalue weighted by Crippen LogP contribution is -2.37. The molecule has 2 fully saturated rings. The van der Waals surface area contributed by atoms with Gasteiger partial charge < -0.3 is 21.0 Å². The van der Waals surface area contributed by atoms with E-state index in [0.29, 0.717) is 24.3 Å². The van der Waals surface area contributed by atoms with Crippen LogP contribution in [0.1, 0.15) is 30.4 Å². The van der Waals surface area contributed by atoms with Crippen LogP contribution in [-0.2, 0) is 11.3 Å². The third-order valence-electron chi connectivity index (χ3n) is 4.12. The van der Waals surface area contributed by atoms with E-state index in [4.69, 9.17) is 15.7 Å². The maximum Gasteiger partial charge on any atom is 0.173 e. The number of benzene rings is 1. The lowest BCUT2D eigenvalue weighted by Gasteiger charge is -2.20. The topological polar surface area (TPSA) is 79.9 Å². The molecule has 2 aliphatic heterocycles. The van der Waals surface area contributed by atoms with Crippen LogP contribution in [0.15, 0.2) is 23.4 Å². The Bertz CT molecular complexity index is 535. The number of ether oxygens (including phenoxy) is 1. The lowest BCUT2D eigenvalue weighted by molar-refractivity contribution is 0.0972. The zero-order valence-electron chi connectivity index (χ0n) is 11.1. The molecule has 0 aromatic heterocycles. The van der Waals surface area contributed by atoms with Gasteiger partial charge in [0.1, 0.15) is 5.82 Å². The molecule has 5 nitrogen and oxygen atoms in total. The van der Waals surface area contributed by atoms with Crippen LogP contribution in [0.5, 0.6) is 0 Å². The molecule has 6 heteroatoms. The van der Waals surface area contributed by atoms with E-state index < -0.39 is 5.82 Å². The number of nitrogens with two attached hydrogens (primary N) is 1. The fraction of sp³-hybridized carbons (Fsp3) is 0.500. The highest BCUT2D eigenvalue weighted by Crippen LogP contribution is 2.34. The summed E-state index contributed by atoms with van der Waals surface area (Å²) in [7, 11) is 0. The second-order valence-corrected chi connectivity index (χ2v) is 5.36. The average molecular weight is 279 g/mol. The molecule has 108 valence electrons. The molecule has 0 aliphatic carbocycles. The van der Waals surface area contributed by atoms with Gasteiger partial charge in [-0.05, 0) is 25.3 Å². The van der Waals surface area contributed by atoms with Crippen LogP contribution >= 0.6 is 0 Å². The Kier molecular flexibility index (Phi) is 3.58. The summed E-state index contributed by atoms with van der Waals surface area (Å²) in [6, 6.07) is 5.18. The zero-order chi connectivity index (χ0) is 14.1. The Morgan fingerprint density at radius 1 is 1.50 bits per heavy atom. The first-order chi connectivity index (χ1) is 9.69. The average Bonchev–Trinajstić information content (AvgIpc) is 3.08. The van der Waals surface area contributed by atoms with Gasteiger partial charge in [0, 0.05) is 18.2 Å². The van der Waals surface area contributed by atoms with E-state index >= 15 is 0 Å². The summed E-state index contributed by atoms with van der Waals surface area (Å²) >= 11 is 0. The maximum absolute atomic E-state index is 14.2. The fourth-order valence-electron chi connectivity index (χ4n) is 3.06. The van der Waals surface area contributed by atoms with Crippen molar-refractivity contribution in [3.8, 4) is 0 Å². The highest BCUT2D eigenvalue weighted by atomic mass is 19.1. The standard InChI is InChI=1S/C14H18FN3O2/c15-13-8(2-1-3-10(13)14(16)18-19)7-17-11-6-9-4-5-12(11)20-9/h1-3,9,11-12,17,19H,4-7H2,(H2,16,18). The molecule has 0 spiro atoms. The van der Waals surface area contributed by atoms with Gasteiger partial charge in [0.15, 0.2) is 5.84 Å². The Balaban J connectivity index is 1.69. The van der Waals surface area contributed by atoms with Crippen LogP contribution in [0, 0.1) is 5.82 Å². The zero-order valence-corrected chi connectivity index (χ0v) is 11.1. The number of amidine groups is 1. The van der Waals surface area contributed by atoms with Gasteiger partial charge in [-0.3, -0.25) is 0 Å². The van der Waals surface area contributed by atoms with E-state index in [1.54, 1.807) is 12.1 Å². The molecule has 2 bridgehead atoms. The number of fused-ring (bicyclic) bond motifs is 2. The van der Waals surface area contributed by atoms with Gasteiger partial charge >= 0.3 is 0 Å². The summed E-state index contributed by atoms with van der Waals surface area (Å²) in [5.41, 5.74) is 6.08. The molecule has 3 rings (SSSR count). The van der Waals surface area contributed by atoms with Gasteiger partial charge in [0.25, 0.3) is 0 Å². The summed E-state index contributed by atoms with van der Waals surface area (Å²) < 4.78 is 20.0. The molecule has 4 N–H and O–H groups in total. The molecular formula is C14H18FN3O2. The minimum absolute atomic E-state index is 0.121. The number of rotatable bonds is 4. The lowest BCUT2D eigenvalue weighted by atomic mass is 9.95. The molecule has 20 heavy (non-hydrogen) atoms. The monoisotopic (exact) mass is 279 g/mol. The Morgan fingerprint density at radius 3 is 3.00 bits per heavy atom. The van der Waals surface area contributed by atoms with Crippen LogP contribution in [0.4, 0.5) is 4.39 Å². The first-order valence-corrected chi connectivity index (χ1v) is 6.83. The number of hydrogen-bond donors (Lipinski definition) is 3. The Labute approximate surface area is 116 Å². The molecule has 3 unspecified atom stereocenters. The highest BCUT2D eigenvalue weighted by Gasteiger charge is 2.40. The predicted octanol–water partition coefficient (Wildman–Crippen LogP) is 1.33. The van der Waals surface area contributed by atoms with Crippen molar-refractivity contribution in [1.29, 1.82) is 0 Å². The molecule has 0 amide bonds. The second-order valence-electron chi connectivity index (χ2n) is 5.36. The van der Waals surface area contributed by atoms with Crippen molar-refractivity contribution in [1.82, 2.24) is 5.32 Å². The molecule has 1 aromatic carbocycles. The van der Waals surface area contributed by atoms with Gasteiger partial charge in [0.2, 0.25) is 0 Å². The molecule has 2 aliphatic rings. The van der Waals surface area contributed by atoms with Crippen LogP contribution in [0.2, 0.25) is 0 Å². The van der Waals surface area contributed by atoms with Crippen molar-refractivity contribution in [2.45, 2.75) is 44.1 Å². The summed E-state index contributed by atoms with van der Waals surface area (Å²) in [6.07, 6.45) is 3.83. The van der Waals surface area contributed by atoms with E-state index in [2.05, 4.69) is 10.5 Å². The molecule has 0 radical (unpaired) electrons. The van der Waals surface area contributed by atoms with E-state index in [0.717, 1.165) is 19.3 Å². The first-order valence-electron chi connectivity index (χ1n) is 6.83. The quantitative estimate of drug-likeness (QED) is 0.336. The summed E-state index contributed by atoms with van der Waals surface area (Å²) in [5.74, 6) is -0.660. The van der Waals surface area contributed by atoms with Crippen molar-refractivity contribution in [3.63, 3.8) is 0 Å². The molecule has 0 saturated carbocycles. The van der Waals surface area contributed by atoms with E-state index in [-0.39, 0.29) is 17.5 Å². The normalized spacial score (nSPS) is 29.1. The van der Waals surface area contributed by atoms with Crippen molar-refractivity contribution < 1.29 is 14.3 Å². The van der Waals surface area contributed by atoms with Crippen molar-refractivity contribution in [3.05, 3.63) is 35.1 Å². The summed E-state index contributed by atoms with van der Waals surface area (Å²) in [6.45, 7) is 0.412. The fourth-order valence-corrected chi connectivity index (χ4v) is 3.06. The van der Waals surface area contributed by atoms with E-state index in [9.17, 15) is 4.39 Å². The van der Waals surface area contributed by atoms with Gasteiger partial charge in [0.05, 0.1) is 17.8 Å². The van der Waals surface area contributed by atoms with Crippen molar-refractivity contribution in [2.24, 2.45) is 10.9 Å². The largest absolute Gasteiger partial charge is 0.409 e. The van der Waals surface area contributed by atoms with Crippen molar-refractivity contribution >= 4 is 5.84 Å². The third-order valence-corrected chi connectivity index (χ3v) is 4.12. The smallest absolute Gasteiger partial charge is 0.173 e. The molecule has 3 atom stereocenters. The van der Waals surface area contributed by atoms with E-state index in [1.807, 2.05) is 0 Å². The van der Waals surface area contributed by atoms with Crippen molar-refractivity contribution in [2.75, 3.05) is 0 Å². The molecule has 1 aromatic rings. The first kappa shape index (κ1) is 13.3. The number of nitrogens with zero attached hydrogens (tertiary/aromatic N) is 1.